The number of aromatic nitrogens is 4. The third-order valence-corrected chi connectivity index (χ3v) is 3.15. The second-order valence-electron chi connectivity index (χ2n) is 4.51. The second-order valence-corrected chi connectivity index (χ2v) is 4.95. The Hall–Kier alpha value is -2.18. The number of hydrogen-bond acceptors (Lipinski definition) is 5. The first kappa shape index (κ1) is 13.8. The molecule has 108 valence electrons. The fraction of sp³-hybridized carbons (Fsp3) is 0.214. The van der Waals surface area contributed by atoms with Crippen molar-refractivity contribution in [1.29, 1.82) is 0 Å². The van der Waals surface area contributed by atoms with Crippen LogP contribution in [0.4, 0.5) is 0 Å². The van der Waals surface area contributed by atoms with Gasteiger partial charge in [0.1, 0.15) is 6.54 Å². The van der Waals surface area contributed by atoms with Crippen molar-refractivity contribution in [3.8, 4) is 11.3 Å². The molecule has 0 atom stereocenters. The average molecular weight is 305 g/mol. The van der Waals surface area contributed by atoms with Crippen molar-refractivity contribution in [3.05, 3.63) is 53.3 Å². The molecule has 2 aromatic heterocycles. The molecule has 0 unspecified atom stereocenters. The SMILES string of the molecule is OCCc1cn(Cc2ncc(-c3cccc(Cl)c3)o2)nn1. The van der Waals surface area contributed by atoms with E-state index in [9.17, 15) is 0 Å². The normalized spacial score (nSPS) is 11.0. The zero-order valence-electron chi connectivity index (χ0n) is 11.1. The number of benzene rings is 1. The molecule has 0 aliphatic carbocycles. The van der Waals surface area contributed by atoms with Crippen LogP contribution in [0, 0.1) is 0 Å². The molecule has 3 rings (SSSR count). The fourth-order valence-corrected chi connectivity index (χ4v) is 2.13. The molecule has 1 N–H and O–H groups in total. The smallest absolute Gasteiger partial charge is 0.216 e. The fourth-order valence-electron chi connectivity index (χ4n) is 1.94. The lowest BCUT2D eigenvalue weighted by atomic mass is 10.2. The maximum atomic E-state index is 8.85. The largest absolute Gasteiger partial charge is 0.439 e. The zero-order valence-corrected chi connectivity index (χ0v) is 11.9. The molecule has 6 nitrogen and oxygen atoms in total. The van der Waals surface area contributed by atoms with Gasteiger partial charge in [0.05, 0.1) is 11.9 Å². The summed E-state index contributed by atoms with van der Waals surface area (Å²) in [6.07, 6.45) is 3.91. The third kappa shape index (κ3) is 3.29. The maximum absolute atomic E-state index is 8.85. The van der Waals surface area contributed by atoms with Crippen LogP contribution in [0.2, 0.25) is 5.02 Å². The average Bonchev–Trinajstić information content (AvgIpc) is 3.10. The highest BCUT2D eigenvalue weighted by Gasteiger charge is 2.09. The number of halogens is 1. The van der Waals surface area contributed by atoms with E-state index in [0.29, 0.717) is 29.6 Å². The summed E-state index contributed by atoms with van der Waals surface area (Å²) >= 11 is 5.96. The van der Waals surface area contributed by atoms with E-state index in [1.807, 2.05) is 18.2 Å². The van der Waals surface area contributed by atoms with E-state index >= 15 is 0 Å². The minimum Gasteiger partial charge on any atom is -0.439 e. The van der Waals surface area contributed by atoms with Crippen molar-refractivity contribution in [2.24, 2.45) is 0 Å². The molecule has 0 amide bonds. The van der Waals surface area contributed by atoms with Gasteiger partial charge in [-0.25, -0.2) is 9.67 Å². The molecule has 7 heteroatoms. The minimum absolute atomic E-state index is 0.0522. The molecule has 2 heterocycles. The van der Waals surface area contributed by atoms with Gasteiger partial charge in [0, 0.05) is 29.8 Å². The van der Waals surface area contributed by atoms with Crippen LogP contribution in [-0.2, 0) is 13.0 Å². The summed E-state index contributed by atoms with van der Waals surface area (Å²) in [5.41, 5.74) is 1.61. The molecule has 0 bridgehead atoms. The van der Waals surface area contributed by atoms with Gasteiger partial charge in [0.2, 0.25) is 5.89 Å². The molecule has 0 aliphatic rings. The van der Waals surface area contributed by atoms with Gasteiger partial charge in [-0.1, -0.05) is 28.9 Å². The molecule has 0 saturated carbocycles. The van der Waals surface area contributed by atoms with Gasteiger partial charge < -0.3 is 9.52 Å². The van der Waals surface area contributed by atoms with Crippen molar-refractivity contribution in [2.75, 3.05) is 6.61 Å². The Labute approximate surface area is 126 Å². The van der Waals surface area contributed by atoms with Crippen LogP contribution in [0.15, 0.2) is 41.1 Å². The molecule has 0 aliphatic heterocycles. The summed E-state index contributed by atoms with van der Waals surface area (Å²) in [7, 11) is 0. The van der Waals surface area contributed by atoms with Crippen molar-refractivity contribution >= 4 is 11.6 Å². The summed E-state index contributed by atoms with van der Waals surface area (Å²) in [6, 6.07) is 7.39. The van der Waals surface area contributed by atoms with Crippen LogP contribution in [0.5, 0.6) is 0 Å². The summed E-state index contributed by atoms with van der Waals surface area (Å²) in [5.74, 6) is 1.19. The predicted molar refractivity (Wildman–Crippen MR) is 76.9 cm³/mol. The van der Waals surface area contributed by atoms with Gasteiger partial charge in [-0.3, -0.25) is 0 Å². The van der Waals surface area contributed by atoms with Gasteiger partial charge >= 0.3 is 0 Å². The van der Waals surface area contributed by atoms with Crippen LogP contribution in [0.25, 0.3) is 11.3 Å². The molecule has 1 aromatic carbocycles. The van der Waals surface area contributed by atoms with Gasteiger partial charge in [-0.05, 0) is 12.1 Å². The predicted octanol–water partition coefficient (Wildman–Crippen LogP) is 2.17. The Morgan fingerprint density at radius 1 is 1.33 bits per heavy atom. The van der Waals surface area contributed by atoms with E-state index in [2.05, 4.69) is 15.3 Å². The number of oxazole rings is 1. The van der Waals surface area contributed by atoms with Crippen molar-refractivity contribution in [3.63, 3.8) is 0 Å². The summed E-state index contributed by atoms with van der Waals surface area (Å²) < 4.78 is 7.31. The highest BCUT2D eigenvalue weighted by molar-refractivity contribution is 6.30. The molecule has 0 radical (unpaired) electrons. The summed E-state index contributed by atoms with van der Waals surface area (Å²) in [6.45, 7) is 0.440. The van der Waals surface area contributed by atoms with Crippen LogP contribution in [0.1, 0.15) is 11.6 Å². The van der Waals surface area contributed by atoms with E-state index in [1.165, 1.54) is 0 Å². The van der Waals surface area contributed by atoms with Gasteiger partial charge in [-0.15, -0.1) is 5.10 Å². The molecular formula is C14H13ClN4O2. The zero-order chi connectivity index (χ0) is 14.7. The van der Waals surface area contributed by atoms with E-state index in [1.54, 1.807) is 23.1 Å². The van der Waals surface area contributed by atoms with Crippen molar-refractivity contribution in [2.45, 2.75) is 13.0 Å². The Bertz CT molecular complexity index is 738. The Kier molecular flexibility index (Phi) is 3.98. The molecule has 3 aromatic rings. The van der Waals surface area contributed by atoms with Crippen LogP contribution < -0.4 is 0 Å². The van der Waals surface area contributed by atoms with E-state index in [0.717, 1.165) is 11.3 Å². The Balaban J connectivity index is 1.75. The summed E-state index contributed by atoms with van der Waals surface area (Å²) in [4.78, 5) is 4.23. The lowest BCUT2D eigenvalue weighted by molar-refractivity contribution is 0.298. The number of nitrogens with zero attached hydrogens (tertiary/aromatic N) is 4. The van der Waals surface area contributed by atoms with Gasteiger partial charge in [0.15, 0.2) is 5.76 Å². The topological polar surface area (TPSA) is 77.0 Å². The number of aliphatic hydroxyl groups is 1. The molecule has 21 heavy (non-hydrogen) atoms. The van der Waals surface area contributed by atoms with Crippen molar-refractivity contribution < 1.29 is 9.52 Å². The van der Waals surface area contributed by atoms with E-state index in [-0.39, 0.29) is 6.61 Å². The summed E-state index contributed by atoms with van der Waals surface area (Å²) in [5, 5.41) is 17.4. The number of rotatable bonds is 5. The van der Waals surface area contributed by atoms with Crippen LogP contribution >= 0.6 is 11.6 Å². The molecule has 0 spiro atoms. The monoisotopic (exact) mass is 304 g/mol. The second kappa shape index (κ2) is 6.07. The quantitative estimate of drug-likeness (QED) is 0.781. The van der Waals surface area contributed by atoms with Crippen LogP contribution in [-0.4, -0.2) is 31.7 Å². The Morgan fingerprint density at radius 2 is 2.24 bits per heavy atom. The number of aliphatic hydroxyl groups excluding tert-OH is 1. The third-order valence-electron chi connectivity index (χ3n) is 2.91. The minimum atomic E-state index is 0.0522. The first-order valence-corrected chi connectivity index (χ1v) is 6.83. The molecule has 0 saturated heterocycles. The van der Waals surface area contributed by atoms with E-state index in [4.69, 9.17) is 21.1 Å². The van der Waals surface area contributed by atoms with Gasteiger partial charge in [0.25, 0.3) is 0 Å². The first-order chi connectivity index (χ1) is 10.2. The van der Waals surface area contributed by atoms with E-state index < -0.39 is 0 Å². The first-order valence-electron chi connectivity index (χ1n) is 6.45. The lowest BCUT2D eigenvalue weighted by Crippen LogP contribution is -2.00. The molecule has 0 fully saturated rings. The Morgan fingerprint density at radius 3 is 3.05 bits per heavy atom. The highest BCUT2D eigenvalue weighted by atomic mass is 35.5. The van der Waals surface area contributed by atoms with Gasteiger partial charge in [-0.2, -0.15) is 0 Å². The highest BCUT2D eigenvalue weighted by Crippen LogP contribution is 2.23. The molecular weight excluding hydrogens is 292 g/mol. The maximum Gasteiger partial charge on any atom is 0.216 e. The lowest BCUT2D eigenvalue weighted by Gasteiger charge is -1.97. The standard InChI is InChI=1S/C14H13ClN4O2/c15-11-3-1-2-10(6-11)13-7-16-14(21-13)9-19-8-12(4-5-20)17-18-19/h1-3,6-8,20H,4-5,9H2. The van der Waals surface area contributed by atoms with Crippen molar-refractivity contribution in [1.82, 2.24) is 20.0 Å². The number of hydrogen-bond donors (Lipinski definition) is 1. The van der Waals surface area contributed by atoms with Crippen LogP contribution in [0.3, 0.4) is 0 Å².